The van der Waals surface area contributed by atoms with Crippen molar-refractivity contribution >= 4 is 22.7 Å². The van der Waals surface area contributed by atoms with Gasteiger partial charge in [-0.3, -0.25) is 0 Å². The summed E-state index contributed by atoms with van der Waals surface area (Å²) in [4.78, 5) is 3.46. The molecule has 0 N–H and O–H groups in total. The smallest absolute Gasteiger partial charge is 0.150 e. The fourth-order valence-corrected chi connectivity index (χ4v) is 3.97. The fraction of sp³-hybridized carbons (Fsp3) is 0.100. The maximum Gasteiger partial charge on any atom is 0.150 e. The highest BCUT2D eigenvalue weighted by atomic mass is 19.1. The molecule has 0 radical (unpaired) electrons. The number of para-hydroxylation sites is 2. The number of fused-ring (bicyclic) bond motifs is 5. The van der Waals surface area contributed by atoms with E-state index < -0.39 is 29.4 Å². The largest absolute Gasteiger partial charge is 0.315 e. The van der Waals surface area contributed by atoms with Crippen molar-refractivity contribution < 1.29 is 17.6 Å². The lowest BCUT2D eigenvalue weighted by molar-refractivity contribution is 0.577. The van der Waals surface area contributed by atoms with Crippen LogP contribution in [0.2, 0.25) is 0 Å². The van der Waals surface area contributed by atoms with Crippen molar-refractivity contribution in [3.8, 4) is 0 Å². The third-order valence-electron chi connectivity index (χ3n) is 4.92. The Bertz CT molecular complexity index is 1030. The summed E-state index contributed by atoms with van der Waals surface area (Å²) in [5, 5.41) is 0. The molecule has 130 valence electrons. The van der Waals surface area contributed by atoms with Gasteiger partial charge in [0.05, 0.1) is 22.7 Å². The van der Waals surface area contributed by atoms with E-state index in [1.54, 1.807) is 28.0 Å². The van der Waals surface area contributed by atoms with E-state index in [1.165, 1.54) is 18.2 Å². The topological polar surface area (TPSA) is 6.48 Å². The van der Waals surface area contributed by atoms with Crippen LogP contribution in [0.3, 0.4) is 0 Å². The van der Waals surface area contributed by atoms with E-state index in [9.17, 15) is 17.6 Å². The number of hydrogen-bond donors (Lipinski definition) is 0. The molecular formula is C20H12F4N2. The Morgan fingerprint density at radius 2 is 1.38 bits per heavy atom. The minimum atomic E-state index is -0.704. The monoisotopic (exact) mass is 356 g/mol. The summed E-state index contributed by atoms with van der Waals surface area (Å²) < 4.78 is 56.0. The molecule has 2 nitrogen and oxygen atoms in total. The maximum absolute atomic E-state index is 14.5. The van der Waals surface area contributed by atoms with Crippen molar-refractivity contribution in [2.45, 2.75) is 12.6 Å². The Kier molecular flexibility index (Phi) is 3.07. The quantitative estimate of drug-likeness (QED) is 0.538. The zero-order chi connectivity index (χ0) is 18.0. The average molecular weight is 356 g/mol. The number of benzene rings is 3. The van der Waals surface area contributed by atoms with Gasteiger partial charge < -0.3 is 9.80 Å². The van der Waals surface area contributed by atoms with Crippen molar-refractivity contribution in [3.05, 3.63) is 83.4 Å². The second kappa shape index (κ2) is 5.24. The molecule has 1 atom stereocenters. The number of hydrogen-bond acceptors (Lipinski definition) is 2. The third-order valence-corrected chi connectivity index (χ3v) is 4.92. The van der Waals surface area contributed by atoms with Crippen LogP contribution in [-0.2, 0) is 6.42 Å². The van der Waals surface area contributed by atoms with Crippen LogP contribution >= 0.6 is 0 Å². The second-order valence-corrected chi connectivity index (χ2v) is 6.40. The van der Waals surface area contributed by atoms with Crippen molar-refractivity contribution in [1.29, 1.82) is 0 Å². The molecule has 0 fully saturated rings. The molecule has 0 saturated carbocycles. The number of halogens is 4. The molecule has 0 bridgehead atoms. The standard InChI is InChI=1S/C20H12F4N2/c21-12-5-6-16(14(23)9-12)25-17-3-1-2-4-18(17)26-19(25)8-11-7-13(22)10-15(24)20(11)26/h1-7,9-10,19H,8H2. The number of anilines is 4. The van der Waals surface area contributed by atoms with Gasteiger partial charge in [-0.1, -0.05) is 12.1 Å². The third kappa shape index (κ3) is 1.98. The van der Waals surface area contributed by atoms with Gasteiger partial charge in [-0.15, -0.1) is 0 Å². The predicted molar refractivity (Wildman–Crippen MR) is 90.9 cm³/mol. The normalized spacial score (nSPS) is 17.3. The maximum atomic E-state index is 14.5. The zero-order valence-electron chi connectivity index (χ0n) is 13.4. The summed E-state index contributed by atoms with van der Waals surface area (Å²) in [6.45, 7) is 0. The summed E-state index contributed by atoms with van der Waals surface area (Å²) in [5.74, 6) is -2.67. The molecule has 2 aliphatic rings. The summed E-state index contributed by atoms with van der Waals surface area (Å²) in [5.41, 5.74) is 2.41. The Morgan fingerprint density at radius 3 is 2.12 bits per heavy atom. The minimum absolute atomic E-state index is 0.194. The van der Waals surface area contributed by atoms with Crippen LogP contribution in [0.25, 0.3) is 0 Å². The first-order chi connectivity index (χ1) is 12.5. The molecule has 0 saturated heterocycles. The van der Waals surface area contributed by atoms with E-state index in [0.29, 0.717) is 29.0 Å². The fourth-order valence-electron chi connectivity index (χ4n) is 3.97. The lowest BCUT2D eigenvalue weighted by atomic mass is 10.1. The molecule has 6 heteroatoms. The van der Waals surface area contributed by atoms with E-state index in [-0.39, 0.29) is 5.69 Å². The van der Waals surface area contributed by atoms with Gasteiger partial charge in [0.15, 0.2) is 0 Å². The molecule has 0 aliphatic carbocycles. The van der Waals surface area contributed by atoms with Crippen molar-refractivity contribution in [2.75, 3.05) is 9.80 Å². The van der Waals surface area contributed by atoms with E-state index in [0.717, 1.165) is 12.1 Å². The zero-order valence-corrected chi connectivity index (χ0v) is 13.4. The lowest BCUT2D eigenvalue weighted by Crippen LogP contribution is -2.36. The van der Waals surface area contributed by atoms with E-state index in [1.807, 2.05) is 6.07 Å². The SMILES string of the molecule is Fc1ccc(N2c3ccccc3N3c4c(F)cc(F)cc4CC23)c(F)c1. The Hall–Kier alpha value is -3.02. The first-order valence-corrected chi connectivity index (χ1v) is 8.15. The molecule has 1 unspecified atom stereocenters. The van der Waals surface area contributed by atoms with Crippen molar-refractivity contribution in [2.24, 2.45) is 0 Å². The van der Waals surface area contributed by atoms with Crippen LogP contribution in [0.1, 0.15) is 5.56 Å². The molecule has 0 amide bonds. The van der Waals surface area contributed by atoms with Crippen LogP contribution in [0, 0.1) is 23.3 Å². The van der Waals surface area contributed by atoms with Gasteiger partial charge in [-0.25, -0.2) is 17.6 Å². The van der Waals surface area contributed by atoms with E-state index >= 15 is 0 Å². The summed E-state index contributed by atoms with van der Waals surface area (Å²) in [6.07, 6.45) is -0.131. The van der Waals surface area contributed by atoms with Gasteiger partial charge in [0.2, 0.25) is 0 Å². The van der Waals surface area contributed by atoms with Crippen LogP contribution in [0.15, 0.2) is 54.6 Å². The van der Waals surface area contributed by atoms with Crippen molar-refractivity contribution in [1.82, 2.24) is 0 Å². The van der Waals surface area contributed by atoms with E-state index in [4.69, 9.17) is 0 Å². The van der Waals surface area contributed by atoms with Gasteiger partial charge in [-0.05, 0) is 35.9 Å². The van der Waals surface area contributed by atoms with Crippen molar-refractivity contribution in [3.63, 3.8) is 0 Å². The Balaban J connectivity index is 1.74. The highest BCUT2D eigenvalue weighted by Crippen LogP contribution is 2.53. The molecule has 3 aromatic rings. The highest BCUT2D eigenvalue weighted by molar-refractivity contribution is 5.91. The van der Waals surface area contributed by atoms with Gasteiger partial charge in [0.25, 0.3) is 0 Å². The van der Waals surface area contributed by atoms with Crippen LogP contribution in [0.4, 0.5) is 40.3 Å². The summed E-state index contributed by atoms with van der Waals surface area (Å²) >= 11 is 0. The first kappa shape index (κ1) is 15.3. The number of nitrogens with zero attached hydrogens (tertiary/aromatic N) is 2. The molecular weight excluding hydrogens is 344 g/mol. The Morgan fingerprint density at radius 1 is 0.692 bits per heavy atom. The molecule has 0 aromatic heterocycles. The first-order valence-electron chi connectivity index (χ1n) is 8.15. The van der Waals surface area contributed by atoms with E-state index in [2.05, 4.69) is 0 Å². The van der Waals surface area contributed by atoms with Crippen LogP contribution < -0.4 is 9.80 Å². The van der Waals surface area contributed by atoms with Gasteiger partial charge >= 0.3 is 0 Å². The Labute approximate surface area is 146 Å². The van der Waals surface area contributed by atoms with Gasteiger partial charge in [-0.2, -0.15) is 0 Å². The molecule has 26 heavy (non-hydrogen) atoms. The average Bonchev–Trinajstić information content (AvgIpc) is 3.09. The second-order valence-electron chi connectivity index (χ2n) is 6.40. The predicted octanol–water partition coefficient (Wildman–Crippen LogP) is 5.42. The lowest BCUT2D eigenvalue weighted by Gasteiger charge is -2.28. The van der Waals surface area contributed by atoms with Gasteiger partial charge in [0.1, 0.15) is 29.4 Å². The minimum Gasteiger partial charge on any atom is -0.315 e. The summed E-state index contributed by atoms with van der Waals surface area (Å²) in [7, 11) is 0. The summed E-state index contributed by atoms with van der Waals surface area (Å²) in [6, 6.07) is 12.7. The number of rotatable bonds is 1. The molecule has 2 aliphatic heterocycles. The van der Waals surface area contributed by atoms with Crippen LogP contribution in [0.5, 0.6) is 0 Å². The highest BCUT2D eigenvalue weighted by Gasteiger charge is 2.45. The van der Waals surface area contributed by atoms with Gasteiger partial charge in [0, 0.05) is 18.6 Å². The molecule has 0 spiro atoms. The molecule has 3 aromatic carbocycles. The molecule has 5 rings (SSSR count). The van der Waals surface area contributed by atoms with Crippen LogP contribution in [-0.4, -0.2) is 6.17 Å². The molecule has 2 heterocycles.